The van der Waals surface area contributed by atoms with E-state index in [0.717, 1.165) is 29.2 Å². The van der Waals surface area contributed by atoms with Gasteiger partial charge in [0.15, 0.2) is 0 Å². The van der Waals surface area contributed by atoms with Crippen molar-refractivity contribution in [1.29, 1.82) is 0 Å². The second-order valence-corrected chi connectivity index (χ2v) is 7.19. The lowest BCUT2D eigenvalue weighted by atomic mass is 10.1. The zero-order chi connectivity index (χ0) is 19.2. The van der Waals surface area contributed by atoms with Gasteiger partial charge >= 0.3 is 0 Å². The molecule has 1 aliphatic carbocycles. The van der Waals surface area contributed by atoms with Crippen molar-refractivity contribution in [3.8, 4) is 0 Å². The van der Waals surface area contributed by atoms with Crippen molar-refractivity contribution in [2.75, 3.05) is 18.5 Å². The molecule has 0 saturated heterocycles. The van der Waals surface area contributed by atoms with Crippen LogP contribution >= 0.6 is 0 Å². The molecule has 1 aliphatic rings. The monoisotopic (exact) mass is 366 g/mol. The average molecular weight is 366 g/mol. The number of carbonyl (C=O) groups excluding carboxylic acids is 2. The van der Waals surface area contributed by atoms with Crippen LogP contribution in [0, 0.1) is 19.8 Å². The van der Waals surface area contributed by atoms with Crippen LogP contribution in [0.25, 0.3) is 0 Å². The van der Waals surface area contributed by atoms with Gasteiger partial charge in [-0.25, -0.2) is 0 Å². The van der Waals surface area contributed by atoms with Gasteiger partial charge in [0.25, 0.3) is 5.91 Å². The molecule has 27 heavy (non-hydrogen) atoms. The number of hydrogen-bond acceptors (Lipinski definition) is 3. The third kappa shape index (κ3) is 5.93. The highest BCUT2D eigenvalue weighted by Crippen LogP contribution is 2.29. The van der Waals surface area contributed by atoms with Crippen LogP contribution in [0.1, 0.15) is 39.9 Å². The largest absolute Gasteiger partial charge is 0.376 e. The molecule has 2 aromatic rings. The Kier molecular flexibility index (Phi) is 6.24. The molecule has 0 unspecified atom stereocenters. The fourth-order valence-corrected chi connectivity index (χ4v) is 2.72. The first-order valence-electron chi connectivity index (χ1n) is 9.33. The molecule has 0 bridgehead atoms. The molecule has 1 saturated carbocycles. The minimum atomic E-state index is -0.261. The molecule has 0 radical (unpaired) electrons. The summed E-state index contributed by atoms with van der Waals surface area (Å²) in [7, 11) is 0. The molecule has 0 heterocycles. The summed E-state index contributed by atoms with van der Waals surface area (Å²) >= 11 is 0. The normalized spacial score (nSPS) is 13.3. The molecule has 5 heteroatoms. The lowest BCUT2D eigenvalue weighted by Gasteiger charge is -2.10. The maximum Gasteiger partial charge on any atom is 0.251 e. The van der Waals surface area contributed by atoms with E-state index >= 15 is 0 Å². The fraction of sp³-hybridized carbons (Fsp3) is 0.364. The van der Waals surface area contributed by atoms with Crippen molar-refractivity contribution in [2.45, 2.75) is 33.3 Å². The Labute approximate surface area is 160 Å². The standard InChI is InChI=1S/C22H26N2O3/c1-15-6-9-19(10-16(15)2)22(26)23-12-21(25)24-20-5-3-4-18(11-20)14-27-13-17-7-8-17/h3-6,9-11,17H,7-8,12-14H2,1-2H3,(H,23,26)(H,24,25). The van der Waals surface area contributed by atoms with Crippen LogP contribution in [0.3, 0.4) is 0 Å². The number of aryl methyl sites for hydroxylation is 2. The molecular formula is C22H26N2O3. The fourth-order valence-electron chi connectivity index (χ4n) is 2.72. The minimum Gasteiger partial charge on any atom is -0.376 e. The van der Waals surface area contributed by atoms with Crippen LogP contribution in [-0.4, -0.2) is 25.0 Å². The van der Waals surface area contributed by atoms with Crippen molar-refractivity contribution in [3.63, 3.8) is 0 Å². The maximum atomic E-state index is 12.2. The Morgan fingerprint density at radius 3 is 2.63 bits per heavy atom. The number of hydrogen-bond donors (Lipinski definition) is 2. The summed E-state index contributed by atoms with van der Waals surface area (Å²) in [6.45, 7) is 5.23. The Morgan fingerprint density at radius 2 is 1.89 bits per heavy atom. The number of carbonyl (C=O) groups is 2. The van der Waals surface area contributed by atoms with Crippen LogP contribution < -0.4 is 10.6 Å². The smallest absolute Gasteiger partial charge is 0.251 e. The number of amides is 2. The molecule has 1 fully saturated rings. The van der Waals surface area contributed by atoms with E-state index in [9.17, 15) is 9.59 Å². The van der Waals surface area contributed by atoms with E-state index in [1.807, 2.05) is 50.2 Å². The molecule has 0 aliphatic heterocycles. The van der Waals surface area contributed by atoms with Crippen molar-refractivity contribution >= 4 is 17.5 Å². The minimum absolute atomic E-state index is 0.0752. The van der Waals surface area contributed by atoms with Gasteiger partial charge in [-0.05, 0) is 73.6 Å². The number of ether oxygens (including phenoxy) is 1. The summed E-state index contributed by atoms with van der Waals surface area (Å²) in [5.41, 5.74) is 4.46. The number of anilines is 1. The van der Waals surface area contributed by atoms with Crippen molar-refractivity contribution in [2.24, 2.45) is 5.92 Å². The summed E-state index contributed by atoms with van der Waals surface area (Å²) in [6.07, 6.45) is 2.54. The third-order valence-electron chi connectivity index (χ3n) is 4.71. The summed E-state index contributed by atoms with van der Waals surface area (Å²) < 4.78 is 5.68. The summed E-state index contributed by atoms with van der Waals surface area (Å²) in [5, 5.41) is 5.47. The van der Waals surface area contributed by atoms with E-state index in [1.54, 1.807) is 6.07 Å². The highest BCUT2D eigenvalue weighted by atomic mass is 16.5. The van der Waals surface area contributed by atoms with E-state index in [0.29, 0.717) is 17.9 Å². The molecule has 0 spiro atoms. The van der Waals surface area contributed by atoms with Crippen LogP contribution in [0.4, 0.5) is 5.69 Å². The van der Waals surface area contributed by atoms with Gasteiger partial charge < -0.3 is 15.4 Å². The van der Waals surface area contributed by atoms with Gasteiger partial charge in [-0.1, -0.05) is 18.2 Å². The van der Waals surface area contributed by atoms with Gasteiger partial charge in [-0.15, -0.1) is 0 Å². The van der Waals surface area contributed by atoms with E-state index in [4.69, 9.17) is 4.74 Å². The van der Waals surface area contributed by atoms with Crippen molar-refractivity contribution < 1.29 is 14.3 Å². The van der Waals surface area contributed by atoms with Crippen molar-refractivity contribution in [3.05, 3.63) is 64.7 Å². The molecule has 2 amide bonds. The SMILES string of the molecule is Cc1ccc(C(=O)NCC(=O)Nc2cccc(COCC3CC3)c2)cc1C. The quantitative estimate of drug-likeness (QED) is 0.750. The Balaban J connectivity index is 1.46. The Morgan fingerprint density at radius 1 is 1.07 bits per heavy atom. The first-order chi connectivity index (χ1) is 13.0. The lowest BCUT2D eigenvalue weighted by molar-refractivity contribution is -0.115. The number of benzene rings is 2. The average Bonchev–Trinajstić information content (AvgIpc) is 3.47. The highest BCUT2D eigenvalue weighted by Gasteiger charge is 2.21. The second-order valence-electron chi connectivity index (χ2n) is 7.19. The van der Waals surface area contributed by atoms with Gasteiger partial charge in [0.05, 0.1) is 13.2 Å². The first kappa shape index (κ1) is 19.1. The molecule has 0 aromatic heterocycles. The second kappa shape index (κ2) is 8.82. The van der Waals surface area contributed by atoms with E-state index < -0.39 is 0 Å². The van der Waals surface area contributed by atoms with Gasteiger partial charge in [0, 0.05) is 17.9 Å². The summed E-state index contributed by atoms with van der Waals surface area (Å²) in [6, 6.07) is 13.1. The zero-order valence-corrected chi connectivity index (χ0v) is 15.9. The Hall–Kier alpha value is -2.66. The van der Waals surface area contributed by atoms with Gasteiger partial charge in [0.1, 0.15) is 0 Å². The lowest BCUT2D eigenvalue weighted by Crippen LogP contribution is -2.32. The highest BCUT2D eigenvalue weighted by molar-refractivity contribution is 5.99. The Bertz CT molecular complexity index is 828. The number of rotatable bonds is 8. The van der Waals surface area contributed by atoms with Gasteiger partial charge in [-0.2, -0.15) is 0 Å². The van der Waals surface area contributed by atoms with Gasteiger partial charge in [-0.3, -0.25) is 9.59 Å². The predicted molar refractivity (Wildman–Crippen MR) is 106 cm³/mol. The van der Waals surface area contributed by atoms with E-state index in [1.165, 1.54) is 12.8 Å². The van der Waals surface area contributed by atoms with E-state index in [-0.39, 0.29) is 18.4 Å². The van der Waals surface area contributed by atoms with Crippen molar-refractivity contribution in [1.82, 2.24) is 5.32 Å². The van der Waals surface area contributed by atoms with Crippen LogP contribution in [0.15, 0.2) is 42.5 Å². The van der Waals surface area contributed by atoms with Crippen LogP contribution in [-0.2, 0) is 16.1 Å². The first-order valence-corrected chi connectivity index (χ1v) is 9.33. The molecule has 0 atom stereocenters. The third-order valence-corrected chi connectivity index (χ3v) is 4.71. The summed E-state index contributed by atoms with van der Waals surface area (Å²) in [5.74, 6) is 0.215. The number of nitrogens with one attached hydrogen (secondary N) is 2. The molecule has 5 nitrogen and oxygen atoms in total. The molecule has 142 valence electrons. The molecule has 3 rings (SSSR count). The summed E-state index contributed by atoms with van der Waals surface area (Å²) in [4.78, 5) is 24.3. The zero-order valence-electron chi connectivity index (χ0n) is 15.9. The van der Waals surface area contributed by atoms with E-state index in [2.05, 4.69) is 10.6 Å². The van der Waals surface area contributed by atoms with Gasteiger partial charge in [0.2, 0.25) is 5.91 Å². The molecular weight excluding hydrogens is 340 g/mol. The molecule has 2 aromatic carbocycles. The van der Waals surface area contributed by atoms with Crippen LogP contribution in [0.2, 0.25) is 0 Å². The predicted octanol–water partition coefficient (Wildman–Crippen LogP) is 3.60. The molecule has 2 N–H and O–H groups in total. The maximum absolute atomic E-state index is 12.2. The van der Waals surface area contributed by atoms with Crippen LogP contribution in [0.5, 0.6) is 0 Å². The topological polar surface area (TPSA) is 67.4 Å².